The van der Waals surface area contributed by atoms with E-state index in [2.05, 4.69) is 61.6 Å². The Morgan fingerprint density at radius 2 is 1.92 bits per heavy atom. The smallest absolute Gasteiger partial charge is 0.268 e. The minimum Gasteiger partial charge on any atom is -0.368 e. The molecule has 192 valence electrons. The maximum Gasteiger partial charge on any atom is 0.268 e. The SMILES string of the molecule is C=NC(=Nc1c(C)cc2n1C1(CCCCC1)CNC2=O)Nc1ccc(N2CCN(C(C)C)CC2)cn1. The lowest BCUT2D eigenvalue weighted by Gasteiger charge is -2.43. The molecule has 1 amide bonds. The molecule has 0 atom stereocenters. The zero-order valence-electron chi connectivity index (χ0n) is 21.8. The summed E-state index contributed by atoms with van der Waals surface area (Å²) in [6, 6.07) is 6.57. The Bertz CT molecular complexity index is 1140. The number of nitrogens with zero attached hydrogens (tertiary/aromatic N) is 6. The second-order valence-corrected chi connectivity index (χ2v) is 10.6. The van der Waals surface area contributed by atoms with E-state index in [1.54, 1.807) is 0 Å². The maximum atomic E-state index is 12.7. The zero-order chi connectivity index (χ0) is 25.3. The monoisotopic (exact) mass is 490 g/mol. The van der Waals surface area contributed by atoms with Gasteiger partial charge in [0.25, 0.3) is 5.91 Å². The molecule has 3 aliphatic rings. The molecule has 36 heavy (non-hydrogen) atoms. The van der Waals surface area contributed by atoms with E-state index in [-0.39, 0.29) is 11.4 Å². The number of nitrogens with one attached hydrogen (secondary N) is 2. The van der Waals surface area contributed by atoms with Crippen molar-refractivity contribution in [3.8, 4) is 0 Å². The van der Waals surface area contributed by atoms with E-state index in [4.69, 9.17) is 4.99 Å². The third-order valence-electron chi connectivity index (χ3n) is 7.99. The number of pyridine rings is 1. The number of aliphatic imine (C=N–C) groups is 2. The van der Waals surface area contributed by atoms with Gasteiger partial charge in [0.05, 0.1) is 17.4 Å². The summed E-state index contributed by atoms with van der Waals surface area (Å²) < 4.78 is 2.17. The van der Waals surface area contributed by atoms with Crippen LogP contribution in [0.1, 0.15) is 62.0 Å². The molecule has 0 radical (unpaired) electrons. The fourth-order valence-corrected chi connectivity index (χ4v) is 5.90. The summed E-state index contributed by atoms with van der Waals surface area (Å²) in [5.41, 5.74) is 2.64. The van der Waals surface area contributed by atoms with Gasteiger partial charge in [0.2, 0.25) is 5.96 Å². The largest absolute Gasteiger partial charge is 0.368 e. The van der Waals surface area contributed by atoms with Gasteiger partial charge in [-0.25, -0.2) is 9.98 Å². The van der Waals surface area contributed by atoms with Crippen LogP contribution < -0.4 is 15.5 Å². The highest BCUT2D eigenvalue weighted by molar-refractivity contribution is 5.99. The Morgan fingerprint density at radius 1 is 1.17 bits per heavy atom. The molecule has 2 aromatic rings. The van der Waals surface area contributed by atoms with Crippen molar-refractivity contribution in [2.24, 2.45) is 9.98 Å². The lowest BCUT2D eigenvalue weighted by molar-refractivity contribution is 0.0830. The van der Waals surface area contributed by atoms with Crippen LogP contribution in [0.5, 0.6) is 0 Å². The molecule has 1 saturated heterocycles. The van der Waals surface area contributed by atoms with Crippen molar-refractivity contribution in [3.05, 3.63) is 35.7 Å². The summed E-state index contributed by atoms with van der Waals surface area (Å²) in [7, 11) is 0. The molecular formula is C27H38N8O. The highest BCUT2D eigenvalue weighted by atomic mass is 16.2. The van der Waals surface area contributed by atoms with Gasteiger partial charge in [-0.1, -0.05) is 19.3 Å². The first-order valence-electron chi connectivity index (χ1n) is 13.2. The van der Waals surface area contributed by atoms with Crippen LogP contribution in [0.2, 0.25) is 0 Å². The Balaban J connectivity index is 1.36. The van der Waals surface area contributed by atoms with Crippen molar-refractivity contribution >= 4 is 35.9 Å². The van der Waals surface area contributed by atoms with Gasteiger partial charge in [-0.05, 0) is 64.1 Å². The van der Waals surface area contributed by atoms with E-state index in [0.717, 1.165) is 68.9 Å². The van der Waals surface area contributed by atoms with Gasteiger partial charge < -0.3 is 20.1 Å². The molecule has 1 spiro atoms. The molecule has 1 saturated carbocycles. The van der Waals surface area contributed by atoms with Crippen LogP contribution in [0, 0.1) is 6.92 Å². The molecule has 9 nitrogen and oxygen atoms in total. The Morgan fingerprint density at radius 3 is 2.56 bits per heavy atom. The molecule has 2 fully saturated rings. The van der Waals surface area contributed by atoms with Gasteiger partial charge in [-0.15, -0.1) is 0 Å². The number of carbonyl (C=O) groups excluding carboxylic acids is 1. The first-order chi connectivity index (χ1) is 17.4. The number of hydrogen-bond acceptors (Lipinski definition) is 5. The van der Waals surface area contributed by atoms with Gasteiger partial charge in [0, 0.05) is 38.8 Å². The van der Waals surface area contributed by atoms with Crippen molar-refractivity contribution in [2.75, 3.05) is 42.9 Å². The number of anilines is 2. The number of piperazine rings is 1. The third-order valence-corrected chi connectivity index (χ3v) is 7.99. The first-order valence-corrected chi connectivity index (χ1v) is 13.2. The number of amides is 1. The Labute approximate surface area is 213 Å². The standard InChI is InChI=1S/C27H38N8O/c1-19(2)33-12-14-34(15-13-33)21-8-9-23(29-17-21)31-26(28-4)32-24-20(3)16-22-25(36)30-18-27(35(22)24)10-6-5-7-11-27/h8-9,16-17,19H,4-7,10-15,18H2,1-3H3,(H,30,36)(H,29,31,32). The van der Waals surface area contributed by atoms with Crippen LogP contribution in [0.25, 0.3) is 0 Å². The van der Waals surface area contributed by atoms with Crippen molar-refractivity contribution in [1.82, 2.24) is 19.8 Å². The minimum absolute atomic E-state index is 0.0386. The zero-order valence-corrected chi connectivity index (χ0v) is 21.8. The highest BCUT2D eigenvalue weighted by Crippen LogP contribution is 2.42. The Hall–Kier alpha value is -3.20. The van der Waals surface area contributed by atoms with Crippen LogP contribution in [0.15, 0.2) is 34.4 Å². The summed E-state index contributed by atoms with van der Waals surface area (Å²) in [5, 5.41) is 6.34. The van der Waals surface area contributed by atoms with E-state index < -0.39 is 0 Å². The lowest BCUT2D eigenvalue weighted by Crippen LogP contribution is -2.52. The fourth-order valence-electron chi connectivity index (χ4n) is 5.90. The van der Waals surface area contributed by atoms with E-state index in [0.29, 0.717) is 30.1 Å². The van der Waals surface area contributed by atoms with E-state index in [9.17, 15) is 4.79 Å². The molecule has 9 heteroatoms. The molecular weight excluding hydrogens is 452 g/mol. The summed E-state index contributed by atoms with van der Waals surface area (Å²) in [6.07, 6.45) is 7.53. The first kappa shape index (κ1) is 24.5. The average Bonchev–Trinajstić information content (AvgIpc) is 3.24. The maximum absolute atomic E-state index is 12.7. The van der Waals surface area contributed by atoms with E-state index in [1.165, 1.54) is 6.42 Å². The number of carbonyl (C=O) groups is 1. The topological polar surface area (TPSA) is 90.1 Å². The summed E-state index contributed by atoms with van der Waals surface area (Å²) in [4.78, 5) is 31.2. The fraction of sp³-hybridized carbons (Fsp3) is 0.556. The quantitative estimate of drug-likeness (QED) is 0.501. The second kappa shape index (κ2) is 10.0. The normalized spacial score (nSPS) is 20.4. The number of fused-ring (bicyclic) bond motifs is 2. The van der Waals surface area contributed by atoms with Crippen LogP contribution in [0.4, 0.5) is 17.3 Å². The van der Waals surface area contributed by atoms with E-state index in [1.807, 2.05) is 25.3 Å². The van der Waals surface area contributed by atoms with Crippen LogP contribution >= 0.6 is 0 Å². The van der Waals surface area contributed by atoms with Gasteiger partial charge in [0.15, 0.2) is 0 Å². The molecule has 0 bridgehead atoms. The van der Waals surface area contributed by atoms with Crippen molar-refractivity contribution in [3.63, 3.8) is 0 Å². The van der Waals surface area contributed by atoms with Crippen molar-refractivity contribution in [2.45, 2.75) is 64.5 Å². The Kier molecular flexibility index (Phi) is 6.83. The van der Waals surface area contributed by atoms with Crippen LogP contribution in [-0.2, 0) is 5.54 Å². The number of hydrogen-bond donors (Lipinski definition) is 2. The van der Waals surface area contributed by atoms with Crippen molar-refractivity contribution < 1.29 is 4.79 Å². The van der Waals surface area contributed by atoms with Gasteiger partial charge >= 0.3 is 0 Å². The molecule has 1 aliphatic carbocycles. The molecule has 0 aromatic carbocycles. The molecule has 2 aromatic heterocycles. The summed E-state index contributed by atoms with van der Waals surface area (Å²) >= 11 is 0. The second-order valence-electron chi connectivity index (χ2n) is 10.6. The average molecular weight is 491 g/mol. The van der Waals surface area contributed by atoms with Crippen LogP contribution in [-0.4, -0.2) is 71.8 Å². The van der Waals surface area contributed by atoms with Crippen LogP contribution in [0.3, 0.4) is 0 Å². The lowest BCUT2D eigenvalue weighted by atomic mass is 9.80. The van der Waals surface area contributed by atoms with Gasteiger partial charge in [0.1, 0.15) is 17.3 Å². The third kappa shape index (κ3) is 4.64. The number of guanidine groups is 1. The minimum atomic E-state index is -0.125. The van der Waals surface area contributed by atoms with Gasteiger partial charge in [-0.3, -0.25) is 9.69 Å². The van der Waals surface area contributed by atoms with Gasteiger partial charge in [-0.2, -0.15) is 4.99 Å². The molecule has 2 N–H and O–H groups in total. The molecule has 5 rings (SSSR count). The predicted octanol–water partition coefficient (Wildman–Crippen LogP) is 3.92. The number of aromatic nitrogens is 2. The van der Waals surface area contributed by atoms with E-state index >= 15 is 0 Å². The predicted molar refractivity (Wildman–Crippen MR) is 146 cm³/mol. The summed E-state index contributed by atoms with van der Waals surface area (Å²) in [6.45, 7) is 15.0. The number of rotatable bonds is 4. The summed E-state index contributed by atoms with van der Waals surface area (Å²) in [5.74, 6) is 1.78. The molecule has 2 aliphatic heterocycles. The number of aryl methyl sites for hydroxylation is 1. The molecule has 4 heterocycles. The van der Waals surface area contributed by atoms with Crippen molar-refractivity contribution in [1.29, 1.82) is 0 Å². The highest BCUT2D eigenvalue weighted by Gasteiger charge is 2.42. The molecule has 0 unspecified atom stereocenters.